The third-order valence-electron chi connectivity index (χ3n) is 4.28. The molecule has 4 nitrogen and oxygen atoms in total. The fourth-order valence-electron chi connectivity index (χ4n) is 2.72. The topological polar surface area (TPSA) is 72.2 Å². The summed E-state index contributed by atoms with van der Waals surface area (Å²) in [6.45, 7) is 6.22. The molecule has 1 saturated carbocycles. The fraction of sp³-hybridized carbons (Fsp3) is 0.600. The van der Waals surface area contributed by atoms with E-state index in [1.165, 1.54) is 0 Å². The zero-order valence-corrected chi connectivity index (χ0v) is 13.3. The summed E-state index contributed by atoms with van der Waals surface area (Å²) in [4.78, 5) is 0.294. The van der Waals surface area contributed by atoms with Gasteiger partial charge in [-0.15, -0.1) is 0 Å². The van der Waals surface area contributed by atoms with Crippen LogP contribution in [-0.4, -0.2) is 14.5 Å². The van der Waals surface area contributed by atoms with Crippen LogP contribution in [-0.2, 0) is 10.0 Å². The van der Waals surface area contributed by atoms with E-state index in [0.29, 0.717) is 21.6 Å². The van der Waals surface area contributed by atoms with Crippen molar-refractivity contribution in [3.63, 3.8) is 0 Å². The van der Waals surface area contributed by atoms with Crippen molar-refractivity contribution in [1.29, 1.82) is 0 Å². The molecule has 20 heavy (non-hydrogen) atoms. The maximum Gasteiger partial charge on any atom is 0.241 e. The first-order valence-corrected chi connectivity index (χ1v) is 8.57. The predicted molar refractivity (Wildman–Crippen MR) is 81.9 cm³/mol. The van der Waals surface area contributed by atoms with Gasteiger partial charge in [-0.25, -0.2) is 13.1 Å². The Hall–Kier alpha value is -1.07. The van der Waals surface area contributed by atoms with Gasteiger partial charge >= 0.3 is 0 Å². The lowest BCUT2D eigenvalue weighted by Gasteiger charge is -2.34. The average Bonchev–Trinajstić information content (AvgIpc) is 2.35. The van der Waals surface area contributed by atoms with Crippen molar-refractivity contribution in [1.82, 2.24) is 4.72 Å². The molecule has 0 heterocycles. The minimum atomic E-state index is -3.48. The van der Waals surface area contributed by atoms with E-state index in [1.54, 1.807) is 25.1 Å². The highest BCUT2D eigenvalue weighted by Crippen LogP contribution is 2.35. The second-order valence-corrected chi connectivity index (χ2v) is 8.21. The molecule has 0 atom stereocenters. The molecule has 1 aromatic rings. The molecular weight excluding hydrogens is 272 g/mol. The van der Waals surface area contributed by atoms with Crippen molar-refractivity contribution in [2.45, 2.75) is 57.4 Å². The van der Waals surface area contributed by atoms with E-state index in [0.717, 1.165) is 25.7 Å². The summed E-state index contributed by atoms with van der Waals surface area (Å²) in [6, 6.07) is 5.05. The highest BCUT2D eigenvalue weighted by atomic mass is 32.2. The van der Waals surface area contributed by atoms with Gasteiger partial charge in [-0.2, -0.15) is 0 Å². The standard InChI is InChI=1S/C15H24N2O2S/c1-11-13(16)5-4-6-14(11)20(18,19)17-12-7-9-15(2,3)10-8-12/h4-6,12,17H,7-10,16H2,1-3H3. The Morgan fingerprint density at radius 2 is 1.85 bits per heavy atom. The van der Waals surface area contributed by atoms with Crippen LogP contribution in [0.25, 0.3) is 0 Å². The van der Waals surface area contributed by atoms with E-state index in [1.807, 2.05) is 0 Å². The normalized spacial score (nSPS) is 19.9. The molecule has 0 aromatic heterocycles. The molecule has 0 amide bonds. The van der Waals surface area contributed by atoms with Crippen LogP contribution in [0.15, 0.2) is 23.1 Å². The van der Waals surface area contributed by atoms with Gasteiger partial charge in [0.2, 0.25) is 10.0 Å². The molecule has 0 unspecified atom stereocenters. The highest BCUT2D eigenvalue weighted by molar-refractivity contribution is 7.89. The number of benzene rings is 1. The molecule has 1 aliphatic carbocycles. The molecule has 0 saturated heterocycles. The molecule has 1 fully saturated rings. The van der Waals surface area contributed by atoms with Crippen molar-refractivity contribution >= 4 is 15.7 Å². The monoisotopic (exact) mass is 296 g/mol. The lowest BCUT2D eigenvalue weighted by Crippen LogP contribution is -2.39. The largest absolute Gasteiger partial charge is 0.398 e. The van der Waals surface area contributed by atoms with Gasteiger partial charge in [-0.05, 0) is 55.7 Å². The Bertz CT molecular complexity index is 584. The SMILES string of the molecule is Cc1c(N)cccc1S(=O)(=O)NC1CCC(C)(C)CC1. The number of nitrogens with one attached hydrogen (secondary N) is 1. The van der Waals surface area contributed by atoms with Crippen LogP contribution in [0.1, 0.15) is 45.1 Å². The lowest BCUT2D eigenvalue weighted by atomic mass is 9.76. The fourth-order valence-corrected chi connectivity index (χ4v) is 4.30. The first-order valence-electron chi connectivity index (χ1n) is 7.09. The molecule has 1 aromatic carbocycles. The molecule has 0 spiro atoms. The minimum absolute atomic E-state index is 0.0360. The Balaban J connectivity index is 2.14. The molecule has 0 bridgehead atoms. The molecule has 0 aliphatic heterocycles. The van der Waals surface area contributed by atoms with Gasteiger partial charge in [0, 0.05) is 11.7 Å². The highest BCUT2D eigenvalue weighted by Gasteiger charge is 2.30. The number of anilines is 1. The van der Waals surface area contributed by atoms with E-state index in [-0.39, 0.29) is 6.04 Å². The summed E-state index contributed by atoms with van der Waals surface area (Å²) in [5.41, 5.74) is 7.26. The lowest BCUT2D eigenvalue weighted by molar-refractivity contribution is 0.218. The summed E-state index contributed by atoms with van der Waals surface area (Å²) < 4.78 is 27.8. The summed E-state index contributed by atoms with van der Waals surface area (Å²) in [5, 5.41) is 0. The quantitative estimate of drug-likeness (QED) is 0.842. The smallest absolute Gasteiger partial charge is 0.241 e. The number of sulfonamides is 1. The van der Waals surface area contributed by atoms with Gasteiger partial charge in [-0.1, -0.05) is 19.9 Å². The van der Waals surface area contributed by atoms with Gasteiger partial charge in [0.1, 0.15) is 0 Å². The first-order chi connectivity index (χ1) is 9.21. The number of hydrogen-bond acceptors (Lipinski definition) is 3. The maximum atomic E-state index is 12.5. The van der Waals surface area contributed by atoms with Crippen molar-refractivity contribution in [2.24, 2.45) is 5.41 Å². The predicted octanol–water partition coefficient (Wildman–Crippen LogP) is 2.82. The molecule has 0 radical (unpaired) electrons. The molecule has 2 rings (SSSR count). The second-order valence-electron chi connectivity index (χ2n) is 6.53. The van der Waals surface area contributed by atoms with Crippen LogP contribution < -0.4 is 10.5 Å². The molecule has 5 heteroatoms. The van der Waals surface area contributed by atoms with E-state index < -0.39 is 10.0 Å². The minimum Gasteiger partial charge on any atom is -0.398 e. The van der Waals surface area contributed by atoms with Crippen LogP contribution in [0.4, 0.5) is 5.69 Å². The number of nitrogen functional groups attached to an aromatic ring is 1. The zero-order chi connectivity index (χ0) is 15.0. The summed E-state index contributed by atoms with van der Waals surface area (Å²) >= 11 is 0. The van der Waals surface area contributed by atoms with Crippen LogP contribution in [0.2, 0.25) is 0 Å². The van der Waals surface area contributed by atoms with Gasteiger partial charge in [0.15, 0.2) is 0 Å². The van der Waals surface area contributed by atoms with Gasteiger partial charge < -0.3 is 5.73 Å². The third-order valence-corrected chi connectivity index (χ3v) is 5.94. The van der Waals surface area contributed by atoms with Gasteiger partial charge in [0.25, 0.3) is 0 Å². The van der Waals surface area contributed by atoms with Crippen molar-refractivity contribution in [2.75, 3.05) is 5.73 Å². The van der Waals surface area contributed by atoms with E-state index in [9.17, 15) is 8.42 Å². The van der Waals surface area contributed by atoms with Crippen molar-refractivity contribution < 1.29 is 8.42 Å². The van der Waals surface area contributed by atoms with Crippen LogP contribution >= 0.6 is 0 Å². The molecule has 3 N–H and O–H groups in total. The summed E-state index contributed by atoms with van der Waals surface area (Å²) in [7, 11) is -3.48. The molecule has 112 valence electrons. The second kappa shape index (κ2) is 5.37. The first kappa shape index (κ1) is 15.3. The molecule has 1 aliphatic rings. The summed E-state index contributed by atoms with van der Waals surface area (Å²) in [5.74, 6) is 0. The number of hydrogen-bond donors (Lipinski definition) is 2. The molecular formula is C15H24N2O2S. The summed E-state index contributed by atoms with van der Waals surface area (Å²) in [6.07, 6.45) is 3.90. The average molecular weight is 296 g/mol. The van der Waals surface area contributed by atoms with Crippen LogP contribution in [0.5, 0.6) is 0 Å². The zero-order valence-electron chi connectivity index (χ0n) is 12.4. The Morgan fingerprint density at radius 1 is 1.25 bits per heavy atom. The maximum absolute atomic E-state index is 12.5. The van der Waals surface area contributed by atoms with Crippen LogP contribution in [0, 0.1) is 12.3 Å². The Morgan fingerprint density at radius 3 is 2.45 bits per heavy atom. The van der Waals surface area contributed by atoms with Crippen molar-refractivity contribution in [3.8, 4) is 0 Å². The number of nitrogens with two attached hydrogens (primary N) is 1. The van der Waals surface area contributed by atoms with Crippen molar-refractivity contribution in [3.05, 3.63) is 23.8 Å². The third kappa shape index (κ3) is 3.33. The Labute approximate surface area is 121 Å². The van der Waals surface area contributed by atoms with E-state index >= 15 is 0 Å². The van der Waals surface area contributed by atoms with Gasteiger partial charge in [0.05, 0.1) is 4.90 Å². The Kier molecular flexibility index (Phi) is 4.12. The van der Waals surface area contributed by atoms with Crippen LogP contribution in [0.3, 0.4) is 0 Å². The van der Waals surface area contributed by atoms with E-state index in [4.69, 9.17) is 5.73 Å². The number of rotatable bonds is 3. The van der Waals surface area contributed by atoms with E-state index in [2.05, 4.69) is 18.6 Å². The van der Waals surface area contributed by atoms with Gasteiger partial charge in [-0.3, -0.25) is 0 Å².